The van der Waals surface area contributed by atoms with Gasteiger partial charge in [0.2, 0.25) is 11.8 Å². The van der Waals surface area contributed by atoms with E-state index in [9.17, 15) is 9.59 Å². The van der Waals surface area contributed by atoms with Gasteiger partial charge in [-0.2, -0.15) is 0 Å². The second kappa shape index (κ2) is 9.69. The predicted molar refractivity (Wildman–Crippen MR) is 117 cm³/mol. The summed E-state index contributed by atoms with van der Waals surface area (Å²) in [5.41, 5.74) is 4.96. The van der Waals surface area contributed by atoms with E-state index >= 15 is 0 Å². The first kappa shape index (κ1) is 20.3. The van der Waals surface area contributed by atoms with Crippen LogP contribution in [0, 0.1) is 13.8 Å². The van der Waals surface area contributed by atoms with Gasteiger partial charge in [-0.3, -0.25) is 9.59 Å². The van der Waals surface area contributed by atoms with E-state index < -0.39 is 0 Å². The third kappa shape index (κ3) is 5.55. The number of nitrogens with one attached hydrogen (secondary N) is 2. The summed E-state index contributed by atoms with van der Waals surface area (Å²) in [5, 5.41) is 5.66. The number of rotatable bonds is 7. The molecule has 3 aromatic rings. The smallest absolute Gasteiger partial charge is 0.243 e. The van der Waals surface area contributed by atoms with Crippen LogP contribution in [0.2, 0.25) is 0 Å². The SMILES string of the molecule is Cc1cccc(C)c1NC(=O)CNC(=O)CC(c1ccccc1)c1ccccc1. The van der Waals surface area contributed by atoms with Crippen molar-refractivity contribution in [3.63, 3.8) is 0 Å². The zero-order chi connectivity index (χ0) is 20.6. The summed E-state index contributed by atoms with van der Waals surface area (Å²) >= 11 is 0. The first-order chi connectivity index (χ1) is 14.0. The maximum absolute atomic E-state index is 12.6. The molecule has 0 aliphatic carbocycles. The molecule has 0 unspecified atom stereocenters. The maximum atomic E-state index is 12.6. The standard InChI is InChI=1S/C25H26N2O2/c1-18-10-9-11-19(2)25(18)27-24(29)17-26-23(28)16-22(20-12-5-3-6-13-20)21-14-7-4-8-15-21/h3-15,22H,16-17H2,1-2H3,(H,26,28)(H,27,29). The second-order valence-corrected chi connectivity index (χ2v) is 7.17. The van der Waals surface area contributed by atoms with Crippen molar-refractivity contribution in [2.45, 2.75) is 26.2 Å². The molecular weight excluding hydrogens is 360 g/mol. The predicted octanol–water partition coefficient (Wildman–Crippen LogP) is 4.58. The maximum Gasteiger partial charge on any atom is 0.243 e. The Hall–Kier alpha value is -3.40. The monoisotopic (exact) mass is 386 g/mol. The molecule has 0 spiro atoms. The van der Waals surface area contributed by atoms with Crippen LogP contribution in [-0.2, 0) is 9.59 Å². The largest absolute Gasteiger partial charge is 0.347 e. The van der Waals surface area contributed by atoms with E-state index in [1.165, 1.54) is 0 Å². The van der Waals surface area contributed by atoms with Gasteiger partial charge in [0.25, 0.3) is 0 Å². The average Bonchev–Trinajstić information content (AvgIpc) is 2.74. The van der Waals surface area contributed by atoms with Crippen LogP contribution in [0.4, 0.5) is 5.69 Å². The summed E-state index contributed by atoms with van der Waals surface area (Å²) in [6.45, 7) is 3.85. The minimum absolute atomic E-state index is 0.0527. The third-order valence-corrected chi connectivity index (χ3v) is 4.99. The lowest BCUT2D eigenvalue weighted by atomic mass is 9.88. The number of anilines is 1. The van der Waals surface area contributed by atoms with Crippen LogP contribution in [-0.4, -0.2) is 18.4 Å². The molecule has 4 heteroatoms. The fourth-order valence-corrected chi connectivity index (χ4v) is 3.43. The Morgan fingerprint density at radius 2 is 1.24 bits per heavy atom. The number of aryl methyl sites for hydroxylation is 2. The molecule has 2 amide bonds. The van der Waals surface area contributed by atoms with Crippen LogP contribution >= 0.6 is 0 Å². The number of hydrogen-bond donors (Lipinski definition) is 2. The third-order valence-electron chi connectivity index (χ3n) is 4.99. The zero-order valence-electron chi connectivity index (χ0n) is 16.8. The Kier molecular flexibility index (Phi) is 6.80. The highest BCUT2D eigenvalue weighted by atomic mass is 16.2. The Morgan fingerprint density at radius 3 is 1.76 bits per heavy atom. The zero-order valence-corrected chi connectivity index (χ0v) is 16.8. The first-order valence-electron chi connectivity index (χ1n) is 9.77. The van der Waals surface area contributed by atoms with Crippen LogP contribution in [0.5, 0.6) is 0 Å². The number of amides is 2. The Labute approximate surface area is 172 Å². The van der Waals surface area contributed by atoms with Gasteiger partial charge in [-0.1, -0.05) is 78.9 Å². The quantitative estimate of drug-likeness (QED) is 0.624. The van der Waals surface area contributed by atoms with E-state index in [0.717, 1.165) is 27.9 Å². The first-order valence-corrected chi connectivity index (χ1v) is 9.77. The number of hydrogen-bond acceptors (Lipinski definition) is 2. The van der Waals surface area contributed by atoms with Gasteiger partial charge in [-0.15, -0.1) is 0 Å². The van der Waals surface area contributed by atoms with Crippen molar-refractivity contribution in [3.05, 3.63) is 101 Å². The molecule has 2 N–H and O–H groups in total. The van der Waals surface area contributed by atoms with Crippen molar-refractivity contribution in [2.24, 2.45) is 0 Å². The summed E-state index contributed by atoms with van der Waals surface area (Å²) in [7, 11) is 0. The summed E-state index contributed by atoms with van der Waals surface area (Å²) < 4.78 is 0. The van der Waals surface area contributed by atoms with Crippen molar-refractivity contribution < 1.29 is 9.59 Å². The van der Waals surface area contributed by atoms with E-state index in [-0.39, 0.29) is 30.7 Å². The molecule has 3 aromatic carbocycles. The molecule has 4 nitrogen and oxygen atoms in total. The van der Waals surface area contributed by atoms with E-state index in [1.54, 1.807) is 0 Å². The highest BCUT2D eigenvalue weighted by Gasteiger charge is 2.18. The molecule has 0 aromatic heterocycles. The van der Waals surface area contributed by atoms with Gasteiger partial charge in [-0.05, 0) is 36.1 Å². The van der Waals surface area contributed by atoms with Crippen LogP contribution in [0.3, 0.4) is 0 Å². The number of para-hydroxylation sites is 1. The Bertz CT molecular complexity index is 909. The summed E-state index contributed by atoms with van der Waals surface area (Å²) in [4.78, 5) is 24.9. The van der Waals surface area contributed by atoms with E-state index in [2.05, 4.69) is 10.6 Å². The van der Waals surface area contributed by atoms with E-state index in [1.807, 2.05) is 92.7 Å². The van der Waals surface area contributed by atoms with Gasteiger partial charge in [0.1, 0.15) is 0 Å². The second-order valence-electron chi connectivity index (χ2n) is 7.17. The average molecular weight is 386 g/mol. The lowest BCUT2D eigenvalue weighted by molar-refractivity contribution is -0.124. The van der Waals surface area contributed by atoms with Crippen LogP contribution in [0.1, 0.15) is 34.6 Å². The number of carbonyl (C=O) groups is 2. The van der Waals surface area contributed by atoms with Gasteiger partial charge < -0.3 is 10.6 Å². The molecule has 0 bridgehead atoms. The minimum atomic E-state index is -0.230. The lowest BCUT2D eigenvalue weighted by Gasteiger charge is -2.18. The molecule has 0 saturated heterocycles. The molecular formula is C25H26N2O2. The molecule has 0 aliphatic rings. The fraction of sp³-hybridized carbons (Fsp3) is 0.200. The molecule has 0 atom stereocenters. The van der Waals surface area contributed by atoms with Gasteiger partial charge in [0.05, 0.1) is 6.54 Å². The van der Waals surface area contributed by atoms with E-state index in [4.69, 9.17) is 0 Å². The number of benzene rings is 3. The van der Waals surface area contributed by atoms with Crippen LogP contribution < -0.4 is 10.6 Å². The topological polar surface area (TPSA) is 58.2 Å². The van der Waals surface area contributed by atoms with Crippen molar-refractivity contribution in [2.75, 3.05) is 11.9 Å². The fourth-order valence-electron chi connectivity index (χ4n) is 3.43. The Morgan fingerprint density at radius 1 is 0.724 bits per heavy atom. The Balaban J connectivity index is 1.63. The summed E-state index contributed by atoms with van der Waals surface area (Å²) in [6.07, 6.45) is 0.282. The van der Waals surface area contributed by atoms with E-state index in [0.29, 0.717) is 0 Å². The van der Waals surface area contributed by atoms with Gasteiger partial charge in [0, 0.05) is 18.0 Å². The van der Waals surface area contributed by atoms with Crippen molar-refractivity contribution >= 4 is 17.5 Å². The van der Waals surface area contributed by atoms with Gasteiger partial charge in [-0.25, -0.2) is 0 Å². The molecule has 0 saturated carbocycles. The normalized spacial score (nSPS) is 10.6. The molecule has 29 heavy (non-hydrogen) atoms. The van der Waals surface area contributed by atoms with Gasteiger partial charge in [0.15, 0.2) is 0 Å². The highest BCUT2D eigenvalue weighted by Crippen LogP contribution is 2.27. The molecule has 0 radical (unpaired) electrons. The molecule has 0 fully saturated rings. The molecule has 0 aliphatic heterocycles. The van der Waals surface area contributed by atoms with Crippen molar-refractivity contribution in [1.29, 1.82) is 0 Å². The highest BCUT2D eigenvalue weighted by molar-refractivity contribution is 5.95. The molecule has 0 heterocycles. The minimum Gasteiger partial charge on any atom is -0.347 e. The van der Waals surface area contributed by atoms with Gasteiger partial charge >= 0.3 is 0 Å². The molecule has 3 rings (SSSR count). The summed E-state index contributed by atoms with van der Waals surface area (Å²) in [6, 6.07) is 25.8. The van der Waals surface area contributed by atoms with Crippen LogP contribution in [0.25, 0.3) is 0 Å². The van der Waals surface area contributed by atoms with Crippen LogP contribution in [0.15, 0.2) is 78.9 Å². The molecule has 148 valence electrons. The summed E-state index contributed by atoms with van der Waals surface area (Å²) in [5.74, 6) is -0.440. The lowest BCUT2D eigenvalue weighted by Crippen LogP contribution is -2.34. The number of carbonyl (C=O) groups excluding carboxylic acids is 2. The van der Waals surface area contributed by atoms with Crippen molar-refractivity contribution in [3.8, 4) is 0 Å². The van der Waals surface area contributed by atoms with Crippen molar-refractivity contribution in [1.82, 2.24) is 5.32 Å².